The molecule has 104 valence electrons. The Bertz CT molecular complexity index is 488. The highest BCUT2D eigenvalue weighted by Crippen LogP contribution is 2.37. The predicted molar refractivity (Wildman–Crippen MR) is 72.6 cm³/mol. The van der Waals surface area contributed by atoms with Crippen molar-refractivity contribution in [1.82, 2.24) is 10.3 Å². The van der Waals surface area contributed by atoms with Crippen LogP contribution in [-0.4, -0.2) is 24.0 Å². The predicted octanol–water partition coefficient (Wildman–Crippen LogP) is 2.57. The Hall–Kier alpha value is -1.65. The summed E-state index contributed by atoms with van der Waals surface area (Å²) in [4.78, 5) is 16.0. The van der Waals surface area contributed by atoms with E-state index < -0.39 is 5.82 Å². The van der Waals surface area contributed by atoms with Gasteiger partial charge in [0.05, 0.1) is 5.56 Å². The molecule has 1 aliphatic rings. The third-order valence-corrected chi connectivity index (χ3v) is 3.93. The van der Waals surface area contributed by atoms with E-state index in [1.165, 1.54) is 12.3 Å². The fourth-order valence-electron chi connectivity index (χ4n) is 2.62. The van der Waals surface area contributed by atoms with Crippen LogP contribution in [-0.2, 0) is 0 Å². The number of nitrogens with zero attached hydrogens (tertiary/aromatic N) is 1. The topological polar surface area (TPSA) is 54.0 Å². The number of rotatable bonds is 3. The van der Waals surface area contributed by atoms with Gasteiger partial charge in [0.25, 0.3) is 5.91 Å². The van der Waals surface area contributed by atoms with Crippen molar-refractivity contribution in [2.45, 2.75) is 39.2 Å². The van der Waals surface area contributed by atoms with Gasteiger partial charge in [-0.05, 0) is 24.3 Å². The molecule has 5 heteroatoms. The largest absolute Gasteiger partial charge is 0.371 e. The lowest BCUT2D eigenvalue weighted by Crippen LogP contribution is -2.41. The van der Waals surface area contributed by atoms with Crippen molar-refractivity contribution in [2.24, 2.45) is 5.41 Å². The van der Waals surface area contributed by atoms with Gasteiger partial charge >= 0.3 is 0 Å². The fraction of sp³-hybridized carbons (Fsp3) is 0.571. The second-order valence-corrected chi connectivity index (χ2v) is 5.68. The molecule has 1 saturated carbocycles. The third-order valence-electron chi connectivity index (χ3n) is 3.93. The minimum absolute atomic E-state index is 0.0436. The van der Waals surface area contributed by atoms with E-state index in [9.17, 15) is 9.18 Å². The average Bonchev–Trinajstić information content (AvgIpc) is 2.69. The first-order valence-corrected chi connectivity index (χ1v) is 6.59. The first-order chi connectivity index (χ1) is 8.95. The van der Waals surface area contributed by atoms with Crippen molar-refractivity contribution in [3.63, 3.8) is 0 Å². The molecule has 1 atom stereocenters. The molecule has 1 aliphatic carbocycles. The lowest BCUT2D eigenvalue weighted by Gasteiger charge is -2.27. The molecule has 1 fully saturated rings. The minimum Gasteiger partial charge on any atom is -0.371 e. The van der Waals surface area contributed by atoms with Crippen molar-refractivity contribution >= 4 is 11.7 Å². The summed E-state index contributed by atoms with van der Waals surface area (Å²) in [6.45, 7) is 4.26. The zero-order chi connectivity index (χ0) is 14.0. The quantitative estimate of drug-likeness (QED) is 0.883. The summed E-state index contributed by atoms with van der Waals surface area (Å²) in [7, 11) is 1.58. The summed E-state index contributed by atoms with van der Waals surface area (Å²) >= 11 is 0. The Kier molecular flexibility index (Phi) is 3.73. The Morgan fingerprint density at radius 3 is 2.84 bits per heavy atom. The molecule has 1 aromatic rings. The first-order valence-electron chi connectivity index (χ1n) is 6.59. The van der Waals surface area contributed by atoms with E-state index in [0.717, 1.165) is 19.3 Å². The molecule has 0 radical (unpaired) electrons. The van der Waals surface area contributed by atoms with Gasteiger partial charge in [0.15, 0.2) is 11.6 Å². The highest BCUT2D eigenvalue weighted by Gasteiger charge is 2.35. The molecule has 0 spiro atoms. The SMILES string of the molecule is CNc1nccc(C(=O)NC2CCCC2(C)C)c1F. The van der Waals surface area contributed by atoms with Crippen LogP contribution in [0.3, 0.4) is 0 Å². The van der Waals surface area contributed by atoms with Gasteiger partial charge in [-0.25, -0.2) is 9.37 Å². The summed E-state index contributed by atoms with van der Waals surface area (Å²) in [5.74, 6) is -0.868. The maximum atomic E-state index is 14.0. The van der Waals surface area contributed by atoms with E-state index >= 15 is 0 Å². The molecule has 0 bridgehead atoms. The van der Waals surface area contributed by atoms with Gasteiger partial charge in [0.1, 0.15) is 0 Å². The number of carbonyl (C=O) groups excluding carboxylic acids is 1. The normalized spacial score (nSPS) is 21.2. The Labute approximate surface area is 112 Å². The molecule has 1 heterocycles. The van der Waals surface area contributed by atoms with Gasteiger partial charge in [-0.15, -0.1) is 0 Å². The molecular weight excluding hydrogens is 245 g/mol. The van der Waals surface area contributed by atoms with Crippen LogP contribution < -0.4 is 10.6 Å². The summed E-state index contributed by atoms with van der Waals surface area (Å²) in [6.07, 6.45) is 4.56. The van der Waals surface area contributed by atoms with Crippen LogP contribution in [0, 0.1) is 11.2 Å². The van der Waals surface area contributed by atoms with E-state index in [0.29, 0.717) is 0 Å². The molecular formula is C14H20FN3O. The van der Waals surface area contributed by atoms with E-state index in [2.05, 4.69) is 29.5 Å². The summed E-state index contributed by atoms with van der Waals surface area (Å²) < 4.78 is 14.0. The van der Waals surface area contributed by atoms with Gasteiger partial charge in [-0.2, -0.15) is 0 Å². The second-order valence-electron chi connectivity index (χ2n) is 5.68. The standard InChI is InChI=1S/C14H20FN3O/c1-14(2)7-4-5-10(14)18-13(19)9-6-8-17-12(16-3)11(9)15/h6,8,10H,4-5,7H2,1-3H3,(H,16,17)(H,18,19). The van der Waals surface area contributed by atoms with Crippen LogP contribution in [0.25, 0.3) is 0 Å². The van der Waals surface area contributed by atoms with E-state index in [4.69, 9.17) is 0 Å². The molecule has 1 unspecified atom stereocenters. The molecule has 4 nitrogen and oxygen atoms in total. The zero-order valence-corrected chi connectivity index (χ0v) is 11.6. The monoisotopic (exact) mass is 265 g/mol. The number of nitrogens with one attached hydrogen (secondary N) is 2. The second kappa shape index (κ2) is 5.15. The third kappa shape index (κ3) is 2.69. The van der Waals surface area contributed by atoms with Crippen molar-refractivity contribution < 1.29 is 9.18 Å². The van der Waals surface area contributed by atoms with Gasteiger partial charge in [-0.3, -0.25) is 4.79 Å². The van der Waals surface area contributed by atoms with Gasteiger partial charge in [-0.1, -0.05) is 20.3 Å². The molecule has 2 rings (SSSR count). The van der Waals surface area contributed by atoms with Crippen LogP contribution in [0.15, 0.2) is 12.3 Å². The van der Waals surface area contributed by atoms with Crippen LogP contribution in [0.1, 0.15) is 43.5 Å². The maximum Gasteiger partial charge on any atom is 0.254 e. The van der Waals surface area contributed by atoms with E-state index in [-0.39, 0.29) is 28.7 Å². The summed E-state index contributed by atoms with van der Waals surface area (Å²) in [6, 6.07) is 1.51. The number of pyridine rings is 1. The van der Waals surface area contributed by atoms with Gasteiger partial charge < -0.3 is 10.6 Å². The highest BCUT2D eigenvalue weighted by atomic mass is 19.1. The van der Waals surface area contributed by atoms with Crippen molar-refractivity contribution in [3.05, 3.63) is 23.6 Å². The fourth-order valence-corrected chi connectivity index (χ4v) is 2.62. The van der Waals surface area contributed by atoms with Crippen LogP contribution >= 0.6 is 0 Å². The molecule has 19 heavy (non-hydrogen) atoms. The summed E-state index contributed by atoms with van der Waals surface area (Å²) in [5, 5.41) is 5.58. The maximum absolute atomic E-state index is 14.0. The summed E-state index contributed by atoms with van der Waals surface area (Å²) in [5.41, 5.74) is 0.118. The Morgan fingerprint density at radius 2 is 2.26 bits per heavy atom. The smallest absolute Gasteiger partial charge is 0.254 e. The number of aromatic nitrogens is 1. The molecule has 1 amide bonds. The van der Waals surface area contributed by atoms with Crippen LogP contribution in [0.5, 0.6) is 0 Å². The van der Waals surface area contributed by atoms with E-state index in [1.807, 2.05) is 0 Å². The first kappa shape index (κ1) is 13.8. The van der Waals surface area contributed by atoms with Crippen molar-refractivity contribution in [1.29, 1.82) is 0 Å². The number of carbonyl (C=O) groups is 1. The van der Waals surface area contributed by atoms with Crippen LogP contribution in [0.2, 0.25) is 0 Å². The Balaban J connectivity index is 2.17. The van der Waals surface area contributed by atoms with E-state index in [1.54, 1.807) is 7.05 Å². The lowest BCUT2D eigenvalue weighted by molar-refractivity contribution is 0.0906. The number of anilines is 1. The zero-order valence-electron chi connectivity index (χ0n) is 11.6. The lowest BCUT2D eigenvalue weighted by atomic mass is 9.87. The number of hydrogen-bond acceptors (Lipinski definition) is 3. The van der Waals surface area contributed by atoms with Crippen molar-refractivity contribution in [2.75, 3.05) is 12.4 Å². The molecule has 1 aromatic heterocycles. The Morgan fingerprint density at radius 1 is 1.53 bits per heavy atom. The molecule has 0 aliphatic heterocycles. The molecule has 0 saturated heterocycles. The number of halogens is 1. The van der Waals surface area contributed by atoms with Crippen molar-refractivity contribution in [3.8, 4) is 0 Å². The molecule has 0 aromatic carbocycles. The van der Waals surface area contributed by atoms with Gasteiger partial charge in [0, 0.05) is 19.3 Å². The molecule has 2 N–H and O–H groups in total. The number of amides is 1. The highest BCUT2D eigenvalue weighted by molar-refractivity contribution is 5.95. The van der Waals surface area contributed by atoms with Crippen LogP contribution in [0.4, 0.5) is 10.2 Å². The number of hydrogen-bond donors (Lipinski definition) is 2. The van der Waals surface area contributed by atoms with Gasteiger partial charge in [0.2, 0.25) is 0 Å². The minimum atomic E-state index is -0.599. The average molecular weight is 265 g/mol.